The maximum absolute atomic E-state index is 15.1. The first-order valence-corrected chi connectivity index (χ1v) is 29.2. The van der Waals surface area contributed by atoms with Gasteiger partial charge in [0.2, 0.25) is 3.79 Å². The molecule has 73 heavy (non-hydrogen) atoms. The molecule has 1 aliphatic rings. The number of rotatable bonds is 38. The van der Waals surface area contributed by atoms with Crippen LogP contribution in [0.5, 0.6) is 11.5 Å². The molecule has 1 aliphatic heterocycles. The minimum atomic E-state index is -4.78. The number of alkyl halides is 3. The molecule has 0 radical (unpaired) electrons. The molecule has 1 fully saturated rings. The van der Waals surface area contributed by atoms with E-state index in [1.54, 1.807) is 84.9 Å². The number of aliphatic hydroxyl groups is 1. The number of para-hydroxylation sites is 2. The second kappa shape index (κ2) is 36.6. The topological polar surface area (TPSA) is 167 Å². The zero-order valence-electron chi connectivity index (χ0n) is 42.9. The number of halogens is 3. The van der Waals surface area contributed by atoms with Crippen LogP contribution in [0, 0.1) is 0 Å². The zero-order valence-corrected chi connectivity index (χ0v) is 46.1. The van der Waals surface area contributed by atoms with Crippen molar-refractivity contribution in [3.63, 3.8) is 0 Å². The van der Waals surface area contributed by atoms with Gasteiger partial charge in [-0.2, -0.15) is 0 Å². The molecule has 0 spiro atoms. The van der Waals surface area contributed by atoms with Crippen molar-refractivity contribution in [1.82, 2.24) is 5.32 Å². The van der Waals surface area contributed by atoms with Gasteiger partial charge < -0.3 is 47.9 Å². The molecule has 1 saturated heterocycles. The Labute approximate surface area is 449 Å². The molecule has 0 aromatic heterocycles. The predicted molar refractivity (Wildman–Crippen MR) is 286 cm³/mol. The molecule has 0 saturated carbocycles. The molecule has 18 heteroatoms. The van der Waals surface area contributed by atoms with E-state index in [0.29, 0.717) is 13.0 Å². The summed E-state index contributed by atoms with van der Waals surface area (Å²) >= 11 is 17.7. The monoisotopic (exact) mass is 1100 g/mol. The first kappa shape index (κ1) is 62.2. The van der Waals surface area contributed by atoms with E-state index in [1.165, 1.54) is 83.5 Å². The van der Waals surface area contributed by atoms with E-state index >= 15 is 4.57 Å². The highest BCUT2D eigenvalue weighted by Gasteiger charge is 2.52. The van der Waals surface area contributed by atoms with E-state index < -0.39 is 67.7 Å². The molecule has 0 bridgehead atoms. The van der Waals surface area contributed by atoms with E-state index in [-0.39, 0.29) is 30.8 Å². The summed E-state index contributed by atoms with van der Waals surface area (Å²) in [5.74, 6) is 0.272. The lowest BCUT2D eigenvalue weighted by Gasteiger charge is -2.44. The molecule has 1 amide bonds. The lowest BCUT2D eigenvalue weighted by atomic mass is 9.96. The van der Waals surface area contributed by atoms with E-state index in [4.69, 9.17) is 76.8 Å². The fourth-order valence-corrected chi connectivity index (χ4v) is 9.97. The third-order valence-corrected chi connectivity index (χ3v) is 14.0. The summed E-state index contributed by atoms with van der Waals surface area (Å²) in [5.41, 5.74) is 0.717. The third kappa shape index (κ3) is 27.4. The van der Waals surface area contributed by atoms with Crippen LogP contribution in [0.1, 0.15) is 154 Å². The van der Waals surface area contributed by atoms with E-state index in [1.807, 2.05) is 6.07 Å². The lowest BCUT2D eigenvalue weighted by Crippen LogP contribution is -2.65. The Morgan fingerprint density at radius 1 is 0.644 bits per heavy atom. The minimum Gasteiger partial charge on any atom is -0.445 e. The van der Waals surface area contributed by atoms with E-state index in [9.17, 15) is 14.7 Å². The molecule has 1 unspecified atom stereocenters. The number of phosphoric acid groups is 1. The molecule has 1 heterocycles. The summed E-state index contributed by atoms with van der Waals surface area (Å²) < 4.78 is 66.9. The average Bonchev–Trinajstić information content (AvgIpc) is 3.37. The van der Waals surface area contributed by atoms with Crippen LogP contribution in [-0.2, 0) is 44.1 Å². The van der Waals surface area contributed by atoms with Gasteiger partial charge in [0.15, 0.2) is 6.29 Å². The number of benzene rings is 3. The standard InChI is InChI=1S/C55H81Cl3NO13P/c1-3-5-7-9-11-13-15-17-19-30-39-64-45(33-25-18-16-14-12-10-8-6-4-2)38-40-65-51-49(59-53(61)68-43-55(56,57)58)52(60)69-48(42-67-54(62)66-41-44-31-23-20-24-32-44)50(51)72-73(63,70-46-34-26-21-27-35-46)71-47-36-28-22-29-37-47/h20-24,26-29,31-32,34-37,45,48-52,60H,3-19,25,30,33,38-43H2,1-2H3,(H,59,61)/t45-,48-,49-,50-,51-,52?/m1/s1. The number of alkyl carbamates (subject to hydrolysis) is 1. The van der Waals surface area contributed by atoms with Crippen molar-refractivity contribution in [1.29, 1.82) is 0 Å². The van der Waals surface area contributed by atoms with Crippen molar-refractivity contribution >= 4 is 54.9 Å². The van der Waals surface area contributed by atoms with Crippen molar-refractivity contribution in [3.05, 3.63) is 96.6 Å². The minimum absolute atomic E-state index is 0.0227. The smallest absolute Gasteiger partial charge is 0.445 e. The number of nitrogens with one attached hydrogen (secondary N) is 1. The molecule has 2 N–H and O–H groups in total. The molecular formula is C55H81Cl3NO13P. The van der Waals surface area contributed by atoms with Crippen LogP contribution >= 0.6 is 42.6 Å². The quantitative estimate of drug-likeness (QED) is 0.0241. The molecule has 14 nitrogen and oxygen atoms in total. The summed E-state index contributed by atoms with van der Waals surface area (Å²) in [6, 6.07) is 24.0. The Kier molecular flexibility index (Phi) is 31.2. The Hall–Kier alpha value is -3.30. The Morgan fingerprint density at radius 3 is 1.68 bits per heavy atom. The van der Waals surface area contributed by atoms with Gasteiger partial charge in [-0.1, -0.05) is 231 Å². The number of hydrogen-bond donors (Lipinski definition) is 2. The van der Waals surface area contributed by atoms with Crippen LogP contribution in [-0.4, -0.2) is 84.3 Å². The second-order valence-corrected chi connectivity index (χ2v) is 22.5. The van der Waals surface area contributed by atoms with Crippen molar-refractivity contribution in [3.8, 4) is 11.5 Å². The van der Waals surface area contributed by atoms with Crippen molar-refractivity contribution in [2.24, 2.45) is 0 Å². The summed E-state index contributed by atoms with van der Waals surface area (Å²) in [5, 5.41) is 14.2. The van der Waals surface area contributed by atoms with Crippen LogP contribution in [0.4, 0.5) is 9.59 Å². The highest BCUT2D eigenvalue weighted by molar-refractivity contribution is 7.49. The summed E-state index contributed by atoms with van der Waals surface area (Å²) in [6.07, 6.45) is 15.4. The normalized spacial score (nSPS) is 18.4. The first-order chi connectivity index (χ1) is 35.4. The van der Waals surface area contributed by atoms with Gasteiger partial charge in [-0.15, -0.1) is 0 Å². The molecular weight excluding hydrogens is 1020 g/mol. The number of ether oxygens (including phenoxy) is 6. The number of aliphatic hydroxyl groups excluding tert-OH is 1. The van der Waals surface area contributed by atoms with Gasteiger partial charge in [0.05, 0.1) is 6.10 Å². The fraction of sp³-hybridized carbons (Fsp3) is 0.636. The summed E-state index contributed by atoms with van der Waals surface area (Å²) in [7, 11) is -4.78. The zero-order chi connectivity index (χ0) is 52.4. The number of carbonyl (C=O) groups is 2. The number of amides is 1. The van der Waals surface area contributed by atoms with Gasteiger partial charge in [-0.25, -0.2) is 14.2 Å². The van der Waals surface area contributed by atoms with Gasteiger partial charge >= 0.3 is 20.1 Å². The molecule has 6 atom stereocenters. The molecule has 410 valence electrons. The highest BCUT2D eigenvalue weighted by Crippen LogP contribution is 2.52. The Balaban J connectivity index is 1.59. The molecule has 4 rings (SSSR count). The van der Waals surface area contributed by atoms with Crippen LogP contribution in [0.25, 0.3) is 0 Å². The maximum Gasteiger partial charge on any atom is 0.588 e. The van der Waals surface area contributed by atoms with Crippen LogP contribution in [0.15, 0.2) is 91.0 Å². The lowest BCUT2D eigenvalue weighted by molar-refractivity contribution is -0.259. The van der Waals surface area contributed by atoms with Crippen molar-refractivity contribution in [2.45, 2.75) is 196 Å². The summed E-state index contributed by atoms with van der Waals surface area (Å²) in [4.78, 5) is 26.4. The SMILES string of the molecule is CCCCCCCCCCCCO[C@H](CCCCCCCCCCC)CCO[C@H]1[C@H](OP(=O)(Oc2ccccc2)Oc2ccccc2)[C@@H](COC(=O)OCc2ccccc2)OC(O)[C@@H]1NC(=O)OCC(Cl)(Cl)Cl. The maximum atomic E-state index is 15.1. The van der Waals surface area contributed by atoms with Crippen LogP contribution in [0.2, 0.25) is 0 Å². The largest absolute Gasteiger partial charge is 0.588 e. The molecule has 3 aromatic rings. The first-order valence-electron chi connectivity index (χ1n) is 26.6. The number of unbranched alkanes of at least 4 members (excludes halogenated alkanes) is 17. The summed E-state index contributed by atoms with van der Waals surface area (Å²) in [6.45, 7) is 3.76. The average molecular weight is 1100 g/mol. The number of phosphoric ester groups is 1. The van der Waals surface area contributed by atoms with Gasteiger partial charge in [0.25, 0.3) is 0 Å². The molecule has 3 aromatic carbocycles. The number of hydrogen-bond acceptors (Lipinski definition) is 13. The molecule has 0 aliphatic carbocycles. The van der Waals surface area contributed by atoms with Crippen LogP contribution < -0.4 is 14.4 Å². The van der Waals surface area contributed by atoms with Crippen LogP contribution in [0.3, 0.4) is 0 Å². The second-order valence-electron chi connectivity index (χ2n) is 18.5. The highest BCUT2D eigenvalue weighted by atomic mass is 35.6. The fourth-order valence-electron chi connectivity index (χ4n) is 8.37. The number of carbonyl (C=O) groups excluding carboxylic acids is 2. The van der Waals surface area contributed by atoms with Gasteiger partial charge in [0, 0.05) is 13.2 Å². The van der Waals surface area contributed by atoms with E-state index in [0.717, 1.165) is 50.5 Å². The van der Waals surface area contributed by atoms with Crippen molar-refractivity contribution in [2.75, 3.05) is 26.4 Å². The van der Waals surface area contributed by atoms with Gasteiger partial charge in [-0.3, -0.25) is 4.52 Å². The predicted octanol–water partition coefficient (Wildman–Crippen LogP) is 15.2. The van der Waals surface area contributed by atoms with Gasteiger partial charge in [0.1, 0.15) is 55.7 Å². The van der Waals surface area contributed by atoms with Crippen molar-refractivity contribution < 1.29 is 61.3 Å². The van der Waals surface area contributed by atoms with Gasteiger partial charge in [-0.05, 0) is 49.1 Å². The Bertz CT molecular complexity index is 1890. The Morgan fingerprint density at radius 2 is 1.15 bits per heavy atom. The third-order valence-electron chi connectivity index (χ3n) is 12.3. The van der Waals surface area contributed by atoms with E-state index in [2.05, 4.69) is 19.2 Å².